The van der Waals surface area contributed by atoms with Crippen LogP contribution in [0.1, 0.15) is 29.7 Å². The monoisotopic (exact) mass is 427 g/mol. The zero-order chi connectivity index (χ0) is 21.4. The van der Waals surface area contributed by atoms with Gasteiger partial charge in [-0.2, -0.15) is 0 Å². The van der Waals surface area contributed by atoms with E-state index < -0.39 is 17.7 Å². The van der Waals surface area contributed by atoms with Crippen LogP contribution in [0.2, 0.25) is 5.02 Å². The highest BCUT2D eigenvalue weighted by Crippen LogP contribution is 2.40. The van der Waals surface area contributed by atoms with Gasteiger partial charge in [-0.3, -0.25) is 9.59 Å². The molecule has 0 unspecified atom stereocenters. The highest BCUT2D eigenvalue weighted by atomic mass is 35.5. The zero-order valence-corrected chi connectivity index (χ0v) is 17.5. The van der Waals surface area contributed by atoms with E-state index in [1.807, 2.05) is 13.0 Å². The highest BCUT2D eigenvalue weighted by Gasteiger charge is 2.45. The minimum absolute atomic E-state index is 0.0605. The molecule has 2 heterocycles. The molecule has 156 valence electrons. The Morgan fingerprint density at radius 2 is 1.97 bits per heavy atom. The van der Waals surface area contributed by atoms with Crippen molar-refractivity contribution in [3.8, 4) is 5.75 Å². The Kier molecular flexibility index (Phi) is 5.54. The maximum absolute atomic E-state index is 12.9. The predicted molar refractivity (Wildman–Crippen MR) is 113 cm³/mol. The zero-order valence-electron chi connectivity index (χ0n) is 16.7. The Hall–Kier alpha value is -2.83. The number of halogens is 1. The second-order valence-electron chi connectivity index (χ2n) is 7.49. The number of rotatable bonds is 5. The van der Waals surface area contributed by atoms with E-state index in [9.17, 15) is 14.7 Å². The Labute approximate surface area is 179 Å². The van der Waals surface area contributed by atoms with Gasteiger partial charge in [0.1, 0.15) is 17.6 Å². The molecule has 30 heavy (non-hydrogen) atoms. The molecular weight excluding hydrogens is 406 g/mol. The summed E-state index contributed by atoms with van der Waals surface area (Å²) in [6.07, 6.45) is 0.783. The first-order valence-corrected chi connectivity index (χ1v) is 10.1. The molecule has 2 aliphatic heterocycles. The van der Waals surface area contributed by atoms with Gasteiger partial charge in [0.05, 0.1) is 18.2 Å². The van der Waals surface area contributed by atoms with Crippen molar-refractivity contribution in [1.82, 2.24) is 4.90 Å². The van der Waals surface area contributed by atoms with Crippen molar-refractivity contribution in [2.24, 2.45) is 0 Å². The first-order chi connectivity index (χ1) is 14.4. The lowest BCUT2D eigenvalue weighted by Gasteiger charge is -2.25. The number of amides is 1. The Morgan fingerprint density at radius 1 is 1.23 bits per heavy atom. The minimum Gasteiger partial charge on any atom is -0.507 e. The van der Waals surface area contributed by atoms with Crippen molar-refractivity contribution in [2.75, 3.05) is 20.3 Å². The number of nitrogens with zero attached hydrogens (tertiary/aromatic N) is 1. The third-order valence-electron chi connectivity index (χ3n) is 5.43. The van der Waals surface area contributed by atoms with E-state index in [2.05, 4.69) is 0 Å². The quantitative estimate of drug-likeness (QED) is 0.447. The molecule has 2 atom stereocenters. The number of Topliss-reactive ketones (excluding diaryl/α,β-unsaturated/α-hetero) is 1. The standard InChI is InChI=1S/C23H22ClNO5/c1-13-11-16-12-15(5-8-18(16)30-13)21(26)19-20(14-3-6-17(24)7-4-14)25(9-10-29-2)23(28)22(19)27/h3-8,12-13,20,26H,9-11H2,1-2H3/t13-,20-/m1/s1. The summed E-state index contributed by atoms with van der Waals surface area (Å²) in [6.45, 7) is 2.47. The largest absolute Gasteiger partial charge is 0.507 e. The fourth-order valence-corrected chi connectivity index (χ4v) is 4.14. The fourth-order valence-electron chi connectivity index (χ4n) is 4.02. The number of carbonyl (C=O) groups excluding carboxylic acids is 2. The van der Waals surface area contributed by atoms with Gasteiger partial charge in [0.2, 0.25) is 0 Å². The van der Waals surface area contributed by atoms with Gasteiger partial charge in [0.25, 0.3) is 11.7 Å². The number of aliphatic hydroxyl groups excluding tert-OH is 1. The van der Waals surface area contributed by atoms with Crippen LogP contribution >= 0.6 is 11.6 Å². The van der Waals surface area contributed by atoms with Gasteiger partial charge >= 0.3 is 0 Å². The summed E-state index contributed by atoms with van der Waals surface area (Å²) in [6, 6.07) is 11.5. The van der Waals surface area contributed by atoms with E-state index >= 15 is 0 Å². The molecule has 7 heteroatoms. The van der Waals surface area contributed by atoms with Crippen LogP contribution < -0.4 is 4.74 Å². The van der Waals surface area contributed by atoms with Crippen molar-refractivity contribution < 1.29 is 24.2 Å². The summed E-state index contributed by atoms with van der Waals surface area (Å²) in [4.78, 5) is 27.1. The van der Waals surface area contributed by atoms with Crippen LogP contribution in [-0.2, 0) is 20.7 Å². The molecule has 0 bridgehead atoms. The number of likely N-dealkylation sites (tertiary alicyclic amines) is 1. The number of hydrogen-bond donors (Lipinski definition) is 1. The lowest BCUT2D eigenvalue weighted by atomic mass is 9.94. The molecule has 0 saturated carbocycles. The van der Waals surface area contributed by atoms with Crippen molar-refractivity contribution in [1.29, 1.82) is 0 Å². The molecule has 1 N–H and O–H groups in total. The molecule has 2 aliphatic rings. The lowest BCUT2D eigenvalue weighted by Crippen LogP contribution is -2.32. The fraction of sp³-hybridized carbons (Fsp3) is 0.304. The summed E-state index contributed by atoms with van der Waals surface area (Å²) >= 11 is 6.02. The maximum atomic E-state index is 12.9. The second-order valence-corrected chi connectivity index (χ2v) is 7.93. The van der Waals surface area contributed by atoms with Crippen LogP contribution in [0, 0.1) is 0 Å². The van der Waals surface area contributed by atoms with Crippen molar-refractivity contribution in [2.45, 2.75) is 25.5 Å². The predicted octanol–water partition coefficient (Wildman–Crippen LogP) is 3.73. The van der Waals surface area contributed by atoms with Crippen LogP contribution in [0.25, 0.3) is 5.76 Å². The third-order valence-corrected chi connectivity index (χ3v) is 5.68. The minimum atomic E-state index is -0.721. The molecule has 2 aromatic carbocycles. The van der Waals surface area contributed by atoms with Crippen LogP contribution in [0.4, 0.5) is 0 Å². The summed E-state index contributed by atoms with van der Waals surface area (Å²) < 4.78 is 10.8. The van der Waals surface area contributed by atoms with E-state index in [1.54, 1.807) is 36.4 Å². The maximum Gasteiger partial charge on any atom is 0.295 e. The molecule has 4 rings (SSSR count). The molecule has 6 nitrogen and oxygen atoms in total. The molecule has 1 saturated heterocycles. The number of ketones is 1. The Morgan fingerprint density at radius 3 is 2.67 bits per heavy atom. The summed E-state index contributed by atoms with van der Waals surface area (Å²) in [5.74, 6) is -0.801. The normalized spacial score (nSPS) is 22.3. The number of methoxy groups -OCH3 is 1. The summed E-state index contributed by atoms with van der Waals surface area (Å²) in [5.41, 5.74) is 2.19. The molecule has 1 fully saturated rings. The van der Waals surface area contributed by atoms with Crippen molar-refractivity contribution in [3.05, 3.63) is 69.8 Å². The first kappa shape index (κ1) is 20.4. The van der Waals surface area contributed by atoms with Crippen LogP contribution in [0.15, 0.2) is 48.0 Å². The number of aliphatic hydroxyl groups is 1. The topological polar surface area (TPSA) is 76.1 Å². The summed E-state index contributed by atoms with van der Waals surface area (Å²) in [7, 11) is 1.53. The van der Waals surface area contributed by atoms with Gasteiger partial charge in [0, 0.05) is 30.7 Å². The Bertz CT molecular complexity index is 1030. The molecular formula is C23H22ClNO5. The van der Waals surface area contributed by atoms with Crippen molar-refractivity contribution in [3.63, 3.8) is 0 Å². The van der Waals surface area contributed by atoms with Gasteiger partial charge in [-0.25, -0.2) is 0 Å². The summed E-state index contributed by atoms with van der Waals surface area (Å²) in [5, 5.41) is 11.7. The van der Waals surface area contributed by atoms with E-state index in [4.69, 9.17) is 21.1 Å². The number of fused-ring (bicyclic) bond motifs is 1. The SMILES string of the molecule is COCCN1C(=O)C(=O)C(=C(O)c2ccc3c(c2)C[C@@H](C)O3)[C@H]1c1ccc(Cl)cc1. The van der Waals surface area contributed by atoms with E-state index in [0.717, 1.165) is 17.7 Å². The average Bonchev–Trinajstić information content (AvgIpc) is 3.22. The molecule has 0 radical (unpaired) electrons. The van der Waals surface area contributed by atoms with Crippen LogP contribution in [-0.4, -0.2) is 48.1 Å². The Balaban J connectivity index is 1.82. The average molecular weight is 428 g/mol. The van der Waals surface area contributed by atoms with Crippen molar-refractivity contribution >= 4 is 29.1 Å². The lowest BCUT2D eigenvalue weighted by molar-refractivity contribution is -0.140. The number of benzene rings is 2. The molecule has 2 aromatic rings. The van der Waals surface area contributed by atoms with Gasteiger partial charge in [0.15, 0.2) is 0 Å². The van der Waals surface area contributed by atoms with Crippen LogP contribution in [0.3, 0.4) is 0 Å². The smallest absolute Gasteiger partial charge is 0.295 e. The molecule has 0 aliphatic carbocycles. The first-order valence-electron chi connectivity index (χ1n) is 9.73. The van der Waals surface area contributed by atoms with Gasteiger partial charge < -0.3 is 19.5 Å². The second kappa shape index (κ2) is 8.13. The van der Waals surface area contributed by atoms with Crippen LogP contribution in [0.5, 0.6) is 5.75 Å². The number of ether oxygens (including phenoxy) is 2. The third kappa shape index (κ3) is 3.57. The highest BCUT2D eigenvalue weighted by molar-refractivity contribution is 6.46. The molecule has 1 amide bonds. The van der Waals surface area contributed by atoms with Gasteiger partial charge in [-0.1, -0.05) is 23.7 Å². The van der Waals surface area contributed by atoms with Gasteiger partial charge in [-0.15, -0.1) is 0 Å². The molecule has 0 aromatic heterocycles. The number of hydrogen-bond acceptors (Lipinski definition) is 5. The van der Waals surface area contributed by atoms with Gasteiger partial charge in [-0.05, 0) is 48.4 Å². The van der Waals surface area contributed by atoms with E-state index in [0.29, 0.717) is 16.1 Å². The molecule has 0 spiro atoms. The number of carbonyl (C=O) groups is 2. The van der Waals surface area contributed by atoms with E-state index in [-0.39, 0.29) is 30.6 Å². The van der Waals surface area contributed by atoms with E-state index in [1.165, 1.54) is 12.0 Å².